The first-order chi connectivity index (χ1) is 15.8. The van der Waals surface area contributed by atoms with Crippen LogP contribution < -0.4 is 5.32 Å². The molecule has 0 bridgehead atoms. The molecule has 3 aromatic rings. The second kappa shape index (κ2) is 9.12. The van der Waals surface area contributed by atoms with Crippen molar-refractivity contribution in [1.29, 1.82) is 0 Å². The zero-order valence-electron chi connectivity index (χ0n) is 18.3. The van der Waals surface area contributed by atoms with Crippen LogP contribution in [-0.4, -0.2) is 53.7 Å². The fourth-order valence-electron chi connectivity index (χ4n) is 3.72. The van der Waals surface area contributed by atoms with Gasteiger partial charge < -0.3 is 19.5 Å². The van der Waals surface area contributed by atoms with Crippen LogP contribution in [0.1, 0.15) is 21.5 Å². The molecule has 2 aromatic carbocycles. The van der Waals surface area contributed by atoms with E-state index in [2.05, 4.69) is 5.32 Å². The molecule has 2 heterocycles. The Bertz CT molecular complexity index is 1300. The summed E-state index contributed by atoms with van der Waals surface area (Å²) in [4.78, 5) is 50.5. The Hall–Kier alpha value is -4.20. The van der Waals surface area contributed by atoms with Crippen molar-refractivity contribution in [3.63, 3.8) is 0 Å². The Morgan fingerprint density at radius 3 is 2.42 bits per heavy atom. The molecule has 0 unspecified atom stereocenters. The van der Waals surface area contributed by atoms with E-state index in [1.807, 2.05) is 41.0 Å². The van der Waals surface area contributed by atoms with Crippen LogP contribution in [0.4, 0.5) is 0 Å². The first-order valence-electron chi connectivity index (χ1n) is 10.4. The van der Waals surface area contributed by atoms with Gasteiger partial charge in [0.25, 0.3) is 11.7 Å². The molecule has 4 rings (SSSR count). The van der Waals surface area contributed by atoms with Gasteiger partial charge in [0.15, 0.2) is 0 Å². The molecule has 33 heavy (non-hydrogen) atoms. The van der Waals surface area contributed by atoms with Crippen molar-refractivity contribution in [2.75, 3.05) is 20.7 Å². The second-order valence-electron chi connectivity index (χ2n) is 7.98. The van der Waals surface area contributed by atoms with Crippen molar-refractivity contribution in [2.24, 2.45) is 0 Å². The maximum Gasteiger partial charge on any atom is 0.333 e. The third-order valence-corrected chi connectivity index (χ3v) is 5.48. The van der Waals surface area contributed by atoms with E-state index >= 15 is 0 Å². The second-order valence-corrected chi connectivity index (χ2v) is 7.98. The first kappa shape index (κ1) is 22.0. The largest absolute Gasteiger partial charge is 0.456 e. The summed E-state index contributed by atoms with van der Waals surface area (Å²) in [5, 5.41) is 3.09. The van der Waals surface area contributed by atoms with Crippen molar-refractivity contribution in [3.8, 4) is 0 Å². The molecule has 0 fully saturated rings. The number of benzene rings is 2. The summed E-state index contributed by atoms with van der Waals surface area (Å²) in [5.41, 5.74) is 3.15. The van der Waals surface area contributed by atoms with Gasteiger partial charge in [-0.1, -0.05) is 42.5 Å². The molecule has 1 aliphatic rings. The van der Waals surface area contributed by atoms with E-state index in [9.17, 15) is 19.2 Å². The Kier molecular flexibility index (Phi) is 6.08. The van der Waals surface area contributed by atoms with Crippen molar-refractivity contribution >= 4 is 34.5 Å². The van der Waals surface area contributed by atoms with Crippen LogP contribution in [0.15, 0.2) is 66.5 Å². The summed E-state index contributed by atoms with van der Waals surface area (Å²) in [6, 6.07) is 15.0. The highest BCUT2D eigenvalue weighted by atomic mass is 16.5. The number of aromatic nitrogens is 1. The Balaban J connectivity index is 1.64. The van der Waals surface area contributed by atoms with E-state index in [-0.39, 0.29) is 30.2 Å². The third kappa shape index (κ3) is 4.69. The van der Waals surface area contributed by atoms with Crippen LogP contribution >= 0.6 is 0 Å². The minimum Gasteiger partial charge on any atom is -0.456 e. The standard InChI is InChI=1S/C25H23N3O5/c1-27(2)22(29)11-16-7-3-4-8-17(16)13-28-14-20(19-9-5-6-10-21(19)28)24(31)25(32)26-18-12-23(30)33-15-18/h3-10,12,14H,11,13,15H2,1-2H3,(H,26,32). The molecule has 0 radical (unpaired) electrons. The molecule has 1 aromatic heterocycles. The number of Topliss-reactive ketones (excluding diaryl/α,β-unsaturated/α-hetero) is 1. The summed E-state index contributed by atoms with van der Waals surface area (Å²) in [5.74, 6) is -2.10. The predicted octanol–water partition coefficient (Wildman–Crippen LogP) is 2.06. The minimum absolute atomic E-state index is 0.00368. The van der Waals surface area contributed by atoms with Gasteiger partial charge >= 0.3 is 5.97 Å². The monoisotopic (exact) mass is 445 g/mol. The molecule has 0 spiro atoms. The maximum atomic E-state index is 13.0. The number of esters is 1. The number of likely N-dealkylation sites (N-methyl/N-ethyl adjacent to an activating group) is 1. The Morgan fingerprint density at radius 1 is 1.03 bits per heavy atom. The van der Waals surface area contributed by atoms with Gasteiger partial charge in [-0.15, -0.1) is 0 Å². The van der Waals surface area contributed by atoms with Crippen LogP contribution in [-0.2, 0) is 32.1 Å². The van der Waals surface area contributed by atoms with Crippen LogP contribution in [0.3, 0.4) is 0 Å². The number of hydrogen-bond donors (Lipinski definition) is 1. The third-order valence-electron chi connectivity index (χ3n) is 5.48. The molecule has 0 saturated carbocycles. The lowest BCUT2D eigenvalue weighted by atomic mass is 10.0. The number of carbonyl (C=O) groups is 4. The lowest BCUT2D eigenvalue weighted by Crippen LogP contribution is -2.31. The zero-order valence-corrected chi connectivity index (χ0v) is 18.3. The number of para-hydroxylation sites is 1. The molecule has 0 saturated heterocycles. The number of carbonyl (C=O) groups excluding carboxylic acids is 4. The number of rotatable bonds is 7. The number of hydrogen-bond acceptors (Lipinski definition) is 5. The molecule has 8 heteroatoms. The number of cyclic esters (lactones) is 1. The molecule has 1 aliphatic heterocycles. The topological polar surface area (TPSA) is 97.7 Å². The average Bonchev–Trinajstić information content (AvgIpc) is 3.37. The van der Waals surface area contributed by atoms with Gasteiger partial charge in [0, 0.05) is 43.8 Å². The van der Waals surface area contributed by atoms with E-state index in [1.165, 1.54) is 0 Å². The van der Waals surface area contributed by atoms with Gasteiger partial charge in [-0.3, -0.25) is 14.4 Å². The number of nitrogens with one attached hydrogen (secondary N) is 1. The van der Waals surface area contributed by atoms with Crippen molar-refractivity contribution < 1.29 is 23.9 Å². The number of amides is 2. The minimum atomic E-state index is -0.834. The number of ether oxygens (including phenoxy) is 1. The molecule has 8 nitrogen and oxygen atoms in total. The average molecular weight is 445 g/mol. The number of nitrogens with zero attached hydrogens (tertiary/aromatic N) is 2. The van der Waals surface area contributed by atoms with Crippen LogP contribution in [0.25, 0.3) is 10.9 Å². The highest BCUT2D eigenvalue weighted by Crippen LogP contribution is 2.24. The van der Waals surface area contributed by atoms with Crippen molar-refractivity contribution in [1.82, 2.24) is 14.8 Å². The Labute approximate surface area is 190 Å². The van der Waals surface area contributed by atoms with E-state index in [4.69, 9.17) is 4.74 Å². The molecular weight excluding hydrogens is 422 g/mol. The van der Waals surface area contributed by atoms with Gasteiger partial charge in [0.05, 0.1) is 17.7 Å². The SMILES string of the molecule is CN(C)C(=O)Cc1ccccc1Cn1cc(C(=O)C(=O)NC2=CC(=O)OC2)c2ccccc21. The summed E-state index contributed by atoms with van der Waals surface area (Å²) in [6.07, 6.45) is 3.08. The predicted molar refractivity (Wildman–Crippen MR) is 121 cm³/mol. The maximum absolute atomic E-state index is 13.0. The lowest BCUT2D eigenvalue weighted by molar-refractivity contribution is -0.135. The van der Waals surface area contributed by atoms with Crippen LogP contribution in [0.5, 0.6) is 0 Å². The van der Waals surface area contributed by atoms with Gasteiger partial charge in [-0.25, -0.2) is 4.79 Å². The molecule has 168 valence electrons. The van der Waals surface area contributed by atoms with Crippen molar-refractivity contribution in [3.05, 3.63) is 83.2 Å². The van der Waals surface area contributed by atoms with E-state index in [0.717, 1.165) is 22.7 Å². The number of fused-ring (bicyclic) bond motifs is 1. The molecule has 0 atom stereocenters. The zero-order chi connectivity index (χ0) is 23.5. The van der Waals surface area contributed by atoms with Gasteiger partial charge in [-0.2, -0.15) is 0 Å². The van der Waals surface area contributed by atoms with E-state index < -0.39 is 17.7 Å². The van der Waals surface area contributed by atoms with Gasteiger partial charge in [-0.05, 0) is 17.2 Å². The smallest absolute Gasteiger partial charge is 0.333 e. The summed E-state index contributed by atoms with van der Waals surface area (Å²) < 4.78 is 6.66. The normalized spacial score (nSPS) is 12.9. The van der Waals surface area contributed by atoms with E-state index in [1.54, 1.807) is 37.3 Å². The van der Waals surface area contributed by atoms with Crippen LogP contribution in [0.2, 0.25) is 0 Å². The summed E-state index contributed by atoms with van der Waals surface area (Å²) in [7, 11) is 3.44. The van der Waals surface area contributed by atoms with Gasteiger partial charge in [0.2, 0.25) is 5.91 Å². The van der Waals surface area contributed by atoms with Gasteiger partial charge in [0.1, 0.15) is 6.61 Å². The quantitative estimate of drug-likeness (QED) is 0.341. The molecular formula is C25H23N3O5. The van der Waals surface area contributed by atoms with E-state index in [0.29, 0.717) is 11.9 Å². The molecule has 1 N–H and O–H groups in total. The fourth-order valence-corrected chi connectivity index (χ4v) is 3.72. The Morgan fingerprint density at radius 2 is 1.73 bits per heavy atom. The fraction of sp³-hybridized carbons (Fsp3) is 0.200. The highest BCUT2D eigenvalue weighted by Gasteiger charge is 2.24. The summed E-state index contributed by atoms with van der Waals surface area (Å²) >= 11 is 0. The van der Waals surface area contributed by atoms with Crippen LogP contribution in [0, 0.1) is 0 Å². The highest BCUT2D eigenvalue weighted by molar-refractivity contribution is 6.45. The molecule has 0 aliphatic carbocycles. The van der Waals surface area contributed by atoms with Crippen molar-refractivity contribution in [2.45, 2.75) is 13.0 Å². The first-order valence-corrected chi connectivity index (χ1v) is 10.4. The molecule has 2 amide bonds. The lowest BCUT2D eigenvalue weighted by Gasteiger charge is -2.14. The number of ketones is 1. The summed E-state index contributed by atoms with van der Waals surface area (Å²) in [6.45, 7) is 0.363.